The number of anilines is 1. The van der Waals surface area contributed by atoms with Crippen LogP contribution in [0.2, 0.25) is 0 Å². The van der Waals surface area contributed by atoms with Crippen molar-refractivity contribution in [2.24, 2.45) is 0 Å². The highest BCUT2D eigenvalue weighted by atomic mass is 16.2. The van der Waals surface area contributed by atoms with Crippen molar-refractivity contribution in [1.82, 2.24) is 20.5 Å². The monoisotopic (exact) mass is 291 g/mol. The topological polar surface area (TPSA) is 82.7 Å². The zero-order chi connectivity index (χ0) is 14.9. The molecule has 1 aliphatic rings. The standard InChI is InChI=1S/C16H13N5O/c22-16-11-5-1-2-6-13(11)19-15(20-16)12-9-18-21-14(12)10-4-3-7-17-8-10/h1-9,15,19H,(H,18,21)(H,20,22)/t15-/m0/s1. The molecular formula is C16H13N5O. The highest BCUT2D eigenvalue weighted by Crippen LogP contribution is 2.30. The number of para-hydroxylation sites is 1. The second kappa shape index (κ2) is 5.00. The first kappa shape index (κ1) is 12.6. The first-order valence-electron chi connectivity index (χ1n) is 6.93. The Bertz CT molecular complexity index is 827. The van der Waals surface area contributed by atoms with E-state index in [1.165, 1.54) is 0 Å². The van der Waals surface area contributed by atoms with Crippen LogP contribution in [0.4, 0.5) is 5.69 Å². The SMILES string of the molecule is O=C1N[C@@H](c2cn[nH]c2-c2cccnc2)Nc2ccccc21. The molecule has 0 aliphatic carbocycles. The number of rotatable bonds is 2. The van der Waals surface area contributed by atoms with E-state index >= 15 is 0 Å². The van der Waals surface area contributed by atoms with Crippen LogP contribution in [0.15, 0.2) is 55.0 Å². The molecule has 6 nitrogen and oxygen atoms in total. The lowest BCUT2D eigenvalue weighted by molar-refractivity contribution is 0.0936. The third kappa shape index (κ3) is 2.01. The molecule has 3 N–H and O–H groups in total. The quantitative estimate of drug-likeness (QED) is 0.676. The maximum Gasteiger partial charge on any atom is 0.255 e. The summed E-state index contributed by atoms with van der Waals surface area (Å²) in [7, 11) is 0. The zero-order valence-corrected chi connectivity index (χ0v) is 11.6. The Morgan fingerprint density at radius 2 is 1.91 bits per heavy atom. The van der Waals surface area contributed by atoms with E-state index in [4.69, 9.17) is 0 Å². The van der Waals surface area contributed by atoms with Crippen molar-refractivity contribution in [2.75, 3.05) is 5.32 Å². The summed E-state index contributed by atoms with van der Waals surface area (Å²) in [5.74, 6) is -0.0994. The number of carbonyl (C=O) groups is 1. The molecule has 2 aromatic heterocycles. The van der Waals surface area contributed by atoms with Gasteiger partial charge < -0.3 is 10.6 Å². The van der Waals surface area contributed by atoms with Crippen LogP contribution in [0.1, 0.15) is 22.1 Å². The number of amides is 1. The molecule has 1 aliphatic heterocycles. The normalized spacial score (nSPS) is 16.5. The molecule has 0 fully saturated rings. The van der Waals surface area contributed by atoms with Gasteiger partial charge in [-0.25, -0.2) is 0 Å². The largest absolute Gasteiger partial charge is 0.361 e. The van der Waals surface area contributed by atoms with Crippen LogP contribution >= 0.6 is 0 Å². The van der Waals surface area contributed by atoms with Crippen molar-refractivity contribution >= 4 is 11.6 Å². The Labute approximate surface area is 126 Å². The van der Waals surface area contributed by atoms with Crippen LogP contribution < -0.4 is 10.6 Å². The maximum absolute atomic E-state index is 12.2. The molecule has 0 bridgehead atoms. The van der Waals surface area contributed by atoms with Crippen LogP contribution in [-0.2, 0) is 0 Å². The minimum absolute atomic E-state index is 0.0994. The van der Waals surface area contributed by atoms with Gasteiger partial charge in [0.25, 0.3) is 5.91 Å². The third-order valence-corrected chi connectivity index (χ3v) is 3.68. The van der Waals surface area contributed by atoms with E-state index in [1.807, 2.05) is 30.3 Å². The van der Waals surface area contributed by atoms with Crippen molar-refractivity contribution < 1.29 is 4.79 Å². The Morgan fingerprint density at radius 1 is 1.00 bits per heavy atom. The number of benzene rings is 1. The highest BCUT2D eigenvalue weighted by Gasteiger charge is 2.27. The lowest BCUT2D eigenvalue weighted by atomic mass is 10.0. The summed E-state index contributed by atoms with van der Waals surface area (Å²) in [6.45, 7) is 0. The number of carbonyl (C=O) groups excluding carboxylic acids is 1. The number of aromatic amines is 1. The molecule has 1 atom stereocenters. The molecule has 22 heavy (non-hydrogen) atoms. The van der Waals surface area contributed by atoms with Gasteiger partial charge >= 0.3 is 0 Å². The molecular weight excluding hydrogens is 278 g/mol. The average Bonchev–Trinajstić information content (AvgIpc) is 3.05. The fraction of sp³-hybridized carbons (Fsp3) is 0.0625. The van der Waals surface area contributed by atoms with E-state index in [9.17, 15) is 4.79 Å². The van der Waals surface area contributed by atoms with Crippen LogP contribution in [0.25, 0.3) is 11.3 Å². The minimum Gasteiger partial charge on any atom is -0.361 e. The van der Waals surface area contributed by atoms with Crippen molar-refractivity contribution in [1.29, 1.82) is 0 Å². The van der Waals surface area contributed by atoms with Gasteiger partial charge in [-0.2, -0.15) is 5.10 Å². The third-order valence-electron chi connectivity index (χ3n) is 3.68. The van der Waals surface area contributed by atoms with Crippen molar-refractivity contribution in [3.8, 4) is 11.3 Å². The van der Waals surface area contributed by atoms with E-state index in [-0.39, 0.29) is 12.1 Å². The number of nitrogens with one attached hydrogen (secondary N) is 3. The van der Waals surface area contributed by atoms with Gasteiger partial charge in [-0.15, -0.1) is 0 Å². The maximum atomic E-state index is 12.2. The first-order chi connectivity index (χ1) is 10.8. The van der Waals surface area contributed by atoms with E-state index < -0.39 is 0 Å². The van der Waals surface area contributed by atoms with E-state index in [2.05, 4.69) is 25.8 Å². The molecule has 108 valence electrons. The number of fused-ring (bicyclic) bond motifs is 1. The van der Waals surface area contributed by atoms with Crippen LogP contribution in [-0.4, -0.2) is 21.1 Å². The predicted octanol–water partition coefficient (Wildman–Crippen LogP) is 2.33. The summed E-state index contributed by atoms with van der Waals surface area (Å²) in [5.41, 5.74) is 4.09. The van der Waals surface area contributed by atoms with Gasteiger partial charge in [-0.1, -0.05) is 12.1 Å². The molecule has 1 amide bonds. The molecule has 3 aromatic rings. The van der Waals surface area contributed by atoms with Gasteiger partial charge in [0.15, 0.2) is 0 Å². The van der Waals surface area contributed by atoms with Crippen molar-refractivity contribution in [3.05, 3.63) is 66.1 Å². The smallest absolute Gasteiger partial charge is 0.255 e. The van der Waals surface area contributed by atoms with Crippen molar-refractivity contribution in [2.45, 2.75) is 6.17 Å². The summed E-state index contributed by atoms with van der Waals surface area (Å²) in [6, 6.07) is 11.2. The molecule has 0 saturated carbocycles. The number of aromatic nitrogens is 3. The summed E-state index contributed by atoms with van der Waals surface area (Å²) >= 11 is 0. The van der Waals surface area contributed by atoms with E-state index in [0.29, 0.717) is 5.56 Å². The summed E-state index contributed by atoms with van der Waals surface area (Å²) in [5, 5.41) is 13.4. The van der Waals surface area contributed by atoms with Crippen molar-refractivity contribution in [3.63, 3.8) is 0 Å². The lowest BCUT2D eigenvalue weighted by Crippen LogP contribution is -2.38. The average molecular weight is 291 g/mol. The molecule has 3 heterocycles. The molecule has 1 aromatic carbocycles. The fourth-order valence-corrected chi connectivity index (χ4v) is 2.62. The van der Waals surface area contributed by atoms with Gasteiger partial charge in [0.1, 0.15) is 6.17 Å². The minimum atomic E-state index is -0.337. The number of nitrogens with zero attached hydrogens (tertiary/aromatic N) is 2. The van der Waals surface area contributed by atoms with Gasteiger partial charge in [0.05, 0.1) is 17.5 Å². The van der Waals surface area contributed by atoms with E-state index in [0.717, 1.165) is 22.5 Å². The lowest BCUT2D eigenvalue weighted by Gasteiger charge is -2.27. The number of hydrogen-bond acceptors (Lipinski definition) is 4. The second-order valence-corrected chi connectivity index (χ2v) is 5.04. The Morgan fingerprint density at radius 3 is 2.77 bits per heavy atom. The Hall–Kier alpha value is -3.15. The first-order valence-corrected chi connectivity index (χ1v) is 6.93. The molecule has 0 spiro atoms. The highest BCUT2D eigenvalue weighted by molar-refractivity contribution is 6.01. The number of H-pyrrole nitrogens is 1. The van der Waals surface area contributed by atoms with Gasteiger partial charge in [-0.3, -0.25) is 14.9 Å². The summed E-state index contributed by atoms with van der Waals surface area (Å²) in [4.78, 5) is 16.4. The molecule has 6 heteroatoms. The van der Waals surface area contributed by atoms with Crippen LogP contribution in [0.5, 0.6) is 0 Å². The Kier molecular flexibility index (Phi) is 2.86. The van der Waals surface area contributed by atoms with Gasteiger partial charge in [-0.05, 0) is 24.3 Å². The zero-order valence-electron chi connectivity index (χ0n) is 11.6. The summed E-state index contributed by atoms with van der Waals surface area (Å²) in [6.07, 6.45) is 4.86. The van der Waals surface area contributed by atoms with Crippen LogP contribution in [0, 0.1) is 0 Å². The van der Waals surface area contributed by atoms with Gasteiger partial charge in [0, 0.05) is 29.2 Å². The fourth-order valence-electron chi connectivity index (χ4n) is 2.62. The number of hydrogen-bond donors (Lipinski definition) is 3. The summed E-state index contributed by atoms with van der Waals surface area (Å²) < 4.78 is 0. The molecule has 4 rings (SSSR count). The predicted molar refractivity (Wildman–Crippen MR) is 82.1 cm³/mol. The molecule has 0 unspecified atom stereocenters. The number of pyridine rings is 1. The molecule has 0 radical (unpaired) electrons. The Balaban J connectivity index is 1.73. The van der Waals surface area contributed by atoms with Gasteiger partial charge in [0.2, 0.25) is 0 Å². The molecule has 0 saturated heterocycles. The van der Waals surface area contributed by atoms with Crippen LogP contribution in [0.3, 0.4) is 0 Å². The second-order valence-electron chi connectivity index (χ2n) is 5.04. The van der Waals surface area contributed by atoms with E-state index in [1.54, 1.807) is 24.7 Å².